The van der Waals surface area contributed by atoms with Gasteiger partial charge in [-0.3, -0.25) is 0 Å². The molecule has 1 fully saturated rings. The van der Waals surface area contributed by atoms with Crippen molar-refractivity contribution in [3.05, 3.63) is 35.4 Å². The fourth-order valence-electron chi connectivity index (χ4n) is 2.14. The summed E-state index contributed by atoms with van der Waals surface area (Å²) in [5.41, 5.74) is 1.76. The topological polar surface area (TPSA) is 0 Å². The summed E-state index contributed by atoms with van der Waals surface area (Å²) in [6.45, 7) is 4.04. The van der Waals surface area contributed by atoms with Crippen LogP contribution in [0.4, 0.5) is 4.39 Å². The molecule has 0 radical (unpaired) electrons. The largest absolute Gasteiger partial charge is 0.244 e. The monoisotopic (exact) mass is 192 g/mol. The molecular weight excluding hydrogens is 175 g/mol. The van der Waals surface area contributed by atoms with Gasteiger partial charge in [-0.1, -0.05) is 31.2 Å². The highest BCUT2D eigenvalue weighted by Gasteiger charge is 2.53. The molecule has 1 aliphatic carbocycles. The van der Waals surface area contributed by atoms with Crippen LogP contribution in [-0.4, -0.2) is 5.67 Å². The number of rotatable bonds is 3. The Morgan fingerprint density at radius 2 is 2.14 bits per heavy atom. The SMILES string of the molecule is CCC1(F)CC1Cc1ccccc1C. The van der Waals surface area contributed by atoms with Gasteiger partial charge in [-0.15, -0.1) is 0 Å². The zero-order valence-corrected chi connectivity index (χ0v) is 8.89. The Morgan fingerprint density at radius 1 is 1.43 bits per heavy atom. The average Bonchev–Trinajstić information content (AvgIpc) is 2.82. The van der Waals surface area contributed by atoms with Gasteiger partial charge in [-0.05, 0) is 43.2 Å². The van der Waals surface area contributed by atoms with Crippen LogP contribution in [0.5, 0.6) is 0 Å². The van der Waals surface area contributed by atoms with Gasteiger partial charge in [-0.2, -0.15) is 0 Å². The zero-order valence-electron chi connectivity index (χ0n) is 8.89. The average molecular weight is 192 g/mol. The highest BCUT2D eigenvalue weighted by Crippen LogP contribution is 2.51. The molecule has 0 spiro atoms. The lowest BCUT2D eigenvalue weighted by molar-refractivity contribution is 0.271. The minimum absolute atomic E-state index is 0.272. The molecule has 0 aliphatic heterocycles. The molecule has 14 heavy (non-hydrogen) atoms. The van der Waals surface area contributed by atoms with Crippen molar-refractivity contribution < 1.29 is 4.39 Å². The molecule has 76 valence electrons. The number of alkyl halides is 1. The van der Waals surface area contributed by atoms with Crippen LogP contribution < -0.4 is 0 Å². The molecule has 1 saturated carbocycles. The third-order valence-electron chi connectivity index (χ3n) is 3.47. The Kier molecular flexibility index (Phi) is 2.34. The number of aryl methyl sites for hydroxylation is 1. The second kappa shape index (κ2) is 3.38. The van der Waals surface area contributed by atoms with Gasteiger partial charge in [0.25, 0.3) is 0 Å². The molecule has 1 aliphatic rings. The maximum Gasteiger partial charge on any atom is 0.114 e. The summed E-state index contributed by atoms with van der Waals surface area (Å²) in [5, 5.41) is 0. The van der Waals surface area contributed by atoms with Crippen LogP contribution >= 0.6 is 0 Å². The molecule has 2 unspecified atom stereocenters. The number of halogens is 1. The summed E-state index contributed by atoms with van der Waals surface area (Å²) < 4.78 is 13.7. The maximum atomic E-state index is 13.7. The first-order valence-corrected chi connectivity index (χ1v) is 5.39. The van der Waals surface area contributed by atoms with Crippen molar-refractivity contribution in [2.24, 2.45) is 5.92 Å². The highest BCUT2D eigenvalue weighted by molar-refractivity contribution is 5.27. The molecule has 0 amide bonds. The van der Waals surface area contributed by atoms with Crippen molar-refractivity contribution in [1.82, 2.24) is 0 Å². The molecule has 2 atom stereocenters. The lowest BCUT2D eigenvalue weighted by atomic mass is 10.0. The van der Waals surface area contributed by atoms with E-state index in [-0.39, 0.29) is 5.92 Å². The second-order valence-corrected chi connectivity index (χ2v) is 4.42. The van der Waals surface area contributed by atoms with E-state index in [0.717, 1.165) is 12.8 Å². The molecule has 0 heterocycles. The van der Waals surface area contributed by atoms with Crippen LogP contribution in [0.2, 0.25) is 0 Å². The van der Waals surface area contributed by atoms with E-state index in [4.69, 9.17) is 0 Å². The van der Waals surface area contributed by atoms with Gasteiger partial charge < -0.3 is 0 Å². The van der Waals surface area contributed by atoms with Gasteiger partial charge in [0, 0.05) is 0 Å². The molecule has 1 aromatic rings. The lowest BCUT2D eigenvalue weighted by Crippen LogP contribution is -2.04. The normalized spacial score (nSPS) is 30.4. The van der Waals surface area contributed by atoms with Crippen molar-refractivity contribution in [2.45, 2.75) is 38.8 Å². The summed E-state index contributed by atoms with van der Waals surface area (Å²) >= 11 is 0. The van der Waals surface area contributed by atoms with Gasteiger partial charge in [0.2, 0.25) is 0 Å². The maximum absolute atomic E-state index is 13.7. The smallest absolute Gasteiger partial charge is 0.114 e. The third-order valence-corrected chi connectivity index (χ3v) is 3.47. The van der Waals surface area contributed by atoms with Gasteiger partial charge in [0.15, 0.2) is 0 Å². The van der Waals surface area contributed by atoms with E-state index >= 15 is 0 Å². The Bertz CT molecular complexity index is 332. The van der Waals surface area contributed by atoms with Crippen LogP contribution in [-0.2, 0) is 6.42 Å². The Morgan fingerprint density at radius 3 is 2.71 bits per heavy atom. The van der Waals surface area contributed by atoms with Gasteiger partial charge in [0.1, 0.15) is 5.67 Å². The quantitative estimate of drug-likeness (QED) is 0.685. The molecule has 1 aromatic carbocycles. The van der Waals surface area contributed by atoms with E-state index in [0.29, 0.717) is 6.42 Å². The van der Waals surface area contributed by atoms with Crippen molar-refractivity contribution in [1.29, 1.82) is 0 Å². The fraction of sp³-hybridized carbons (Fsp3) is 0.538. The molecule has 1 heteroatoms. The minimum atomic E-state index is -0.845. The summed E-state index contributed by atoms with van der Waals surface area (Å²) in [5.74, 6) is 0.272. The second-order valence-electron chi connectivity index (χ2n) is 4.42. The third kappa shape index (κ3) is 1.68. The van der Waals surface area contributed by atoms with Crippen LogP contribution in [0.1, 0.15) is 30.9 Å². The molecular formula is C13H17F. The van der Waals surface area contributed by atoms with Crippen LogP contribution in [0.25, 0.3) is 0 Å². The number of hydrogen-bond acceptors (Lipinski definition) is 0. The van der Waals surface area contributed by atoms with E-state index in [1.807, 2.05) is 19.1 Å². The molecule has 2 rings (SSSR count). The van der Waals surface area contributed by atoms with Gasteiger partial charge in [0.05, 0.1) is 0 Å². The van der Waals surface area contributed by atoms with E-state index in [1.165, 1.54) is 11.1 Å². The van der Waals surface area contributed by atoms with E-state index in [9.17, 15) is 4.39 Å². The molecule has 0 nitrogen and oxygen atoms in total. The van der Waals surface area contributed by atoms with E-state index in [2.05, 4.69) is 19.1 Å². The van der Waals surface area contributed by atoms with Gasteiger partial charge in [-0.25, -0.2) is 4.39 Å². The minimum Gasteiger partial charge on any atom is -0.244 e. The zero-order chi connectivity index (χ0) is 10.2. The van der Waals surface area contributed by atoms with Crippen molar-refractivity contribution in [2.75, 3.05) is 0 Å². The standard InChI is InChI=1S/C13H17F/c1-3-13(14)9-12(13)8-11-7-5-4-6-10(11)2/h4-7,12H,3,8-9H2,1-2H3. The van der Waals surface area contributed by atoms with Crippen molar-refractivity contribution in [3.63, 3.8) is 0 Å². The van der Waals surface area contributed by atoms with Crippen LogP contribution in [0.3, 0.4) is 0 Å². The van der Waals surface area contributed by atoms with Gasteiger partial charge >= 0.3 is 0 Å². The molecule has 0 bridgehead atoms. The Balaban J connectivity index is 2.04. The van der Waals surface area contributed by atoms with Crippen LogP contribution in [0, 0.1) is 12.8 Å². The highest BCUT2D eigenvalue weighted by atomic mass is 19.1. The lowest BCUT2D eigenvalue weighted by Gasteiger charge is -2.06. The molecule has 0 aromatic heterocycles. The first kappa shape index (κ1) is 9.70. The Hall–Kier alpha value is -0.850. The molecule has 0 saturated heterocycles. The summed E-state index contributed by atoms with van der Waals surface area (Å²) in [6, 6.07) is 8.29. The Labute approximate surface area is 85.1 Å². The summed E-state index contributed by atoms with van der Waals surface area (Å²) in [7, 11) is 0. The van der Waals surface area contributed by atoms with E-state index in [1.54, 1.807) is 0 Å². The predicted octanol–water partition coefficient (Wildman–Crippen LogP) is 3.68. The summed E-state index contributed by atoms with van der Waals surface area (Å²) in [4.78, 5) is 0. The first-order chi connectivity index (χ1) is 6.65. The number of hydrogen-bond donors (Lipinski definition) is 0. The fourth-order valence-corrected chi connectivity index (χ4v) is 2.14. The van der Waals surface area contributed by atoms with E-state index < -0.39 is 5.67 Å². The molecule has 0 N–H and O–H groups in total. The van der Waals surface area contributed by atoms with Crippen molar-refractivity contribution in [3.8, 4) is 0 Å². The number of benzene rings is 1. The summed E-state index contributed by atoms with van der Waals surface area (Å²) in [6.07, 6.45) is 2.35. The van der Waals surface area contributed by atoms with Crippen molar-refractivity contribution >= 4 is 0 Å². The predicted molar refractivity (Wildman–Crippen MR) is 57.1 cm³/mol. The van der Waals surface area contributed by atoms with Crippen LogP contribution in [0.15, 0.2) is 24.3 Å². The first-order valence-electron chi connectivity index (χ1n) is 5.39.